The lowest BCUT2D eigenvalue weighted by Gasteiger charge is -2.39. The molecule has 0 aliphatic heterocycles. The Labute approximate surface area is 215 Å². The number of imidazole rings is 1. The molecule has 3 N–H and O–H groups in total. The second-order valence-corrected chi connectivity index (χ2v) is 11.2. The fourth-order valence-electron chi connectivity index (χ4n) is 4.48. The molecule has 0 radical (unpaired) electrons. The number of hydrogen-bond donors (Lipinski definition) is 3. The Morgan fingerprint density at radius 2 is 2.11 bits per heavy atom. The first kappa shape index (κ1) is 28.3. The first-order chi connectivity index (χ1) is 16.7. The normalized spacial score (nSPS) is 22.6. The van der Waals surface area contributed by atoms with Gasteiger partial charge in [-0.15, -0.1) is 0 Å². The highest BCUT2D eigenvalue weighted by Gasteiger charge is 2.40. The van der Waals surface area contributed by atoms with E-state index in [2.05, 4.69) is 15.3 Å². The molecule has 11 heteroatoms. The van der Waals surface area contributed by atoms with Gasteiger partial charge in [-0.05, 0) is 48.6 Å². The number of ether oxygens (including phenoxy) is 1. The molecular weight excluding hydrogens is 494 g/mol. The molecule has 1 aliphatic carbocycles. The van der Waals surface area contributed by atoms with Crippen molar-refractivity contribution in [1.82, 2.24) is 19.9 Å². The zero-order chi connectivity index (χ0) is 26.8. The van der Waals surface area contributed by atoms with E-state index in [9.17, 15) is 23.8 Å². The van der Waals surface area contributed by atoms with Crippen molar-refractivity contribution in [3.8, 4) is 11.6 Å². The van der Waals surface area contributed by atoms with Crippen molar-refractivity contribution < 1.29 is 28.5 Å². The second-order valence-electron chi connectivity index (χ2n) is 10.8. The molecule has 0 unspecified atom stereocenters. The van der Waals surface area contributed by atoms with E-state index in [0.717, 1.165) is 6.42 Å². The molecule has 1 aliphatic rings. The van der Waals surface area contributed by atoms with Crippen LogP contribution >= 0.6 is 11.6 Å². The largest absolute Gasteiger partial charge is 0.431 e. The number of carbonyl (C=O) groups excluding carboxylic acids is 1. The second kappa shape index (κ2) is 11.0. The topological polar surface area (TPSA) is 110 Å². The third-order valence-electron chi connectivity index (χ3n) is 6.34. The van der Waals surface area contributed by atoms with Gasteiger partial charge in [-0.25, -0.2) is 9.97 Å². The maximum absolute atomic E-state index is 13.3. The van der Waals surface area contributed by atoms with Gasteiger partial charge in [0.05, 0.1) is 6.10 Å². The Kier molecular flexibility index (Phi) is 8.63. The van der Waals surface area contributed by atoms with Crippen LogP contribution in [-0.2, 0) is 12.8 Å². The highest BCUT2D eigenvalue weighted by molar-refractivity contribution is 6.32. The van der Waals surface area contributed by atoms with Gasteiger partial charge < -0.3 is 20.3 Å². The number of pyridine rings is 1. The third-order valence-corrected chi connectivity index (χ3v) is 6.69. The Bertz CT molecular complexity index is 1090. The van der Waals surface area contributed by atoms with Crippen LogP contribution in [0.3, 0.4) is 0 Å². The first-order valence-electron chi connectivity index (χ1n) is 12.1. The van der Waals surface area contributed by atoms with Gasteiger partial charge in [0.1, 0.15) is 16.6 Å². The highest BCUT2D eigenvalue weighted by atomic mass is 35.5. The van der Waals surface area contributed by atoms with Crippen LogP contribution in [0.1, 0.15) is 75.8 Å². The monoisotopic (exact) mass is 528 g/mol. The van der Waals surface area contributed by atoms with Crippen LogP contribution in [0, 0.1) is 11.3 Å². The van der Waals surface area contributed by atoms with Crippen LogP contribution < -0.4 is 10.1 Å². The van der Waals surface area contributed by atoms with E-state index in [1.165, 1.54) is 10.6 Å². The number of nitrogens with one attached hydrogen (secondary N) is 1. The maximum Gasteiger partial charge on any atom is 0.387 e. The Morgan fingerprint density at radius 1 is 1.42 bits per heavy atom. The summed E-state index contributed by atoms with van der Waals surface area (Å²) in [4.78, 5) is 21.6. The summed E-state index contributed by atoms with van der Waals surface area (Å²) >= 11 is 6.54. The molecule has 0 aromatic carbocycles. The van der Waals surface area contributed by atoms with Crippen molar-refractivity contribution in [2.75, 3.05) is 6.54 Å². The molecule has 3 atom stereocenters. The van der Waals surface area contributed by atoms with E-state index in [4.69, 9.17) is 16.3 Å². The van der Waals surface area contributed by atoms with Crippen molar-refractivity contribution in [2.24, 2.45) is 11.3 Å². The lowest BCUT2D eigenvalue weighted by Crippen LogP contribution is -2.54. The molecule has 2 aromatic rings. The van der Waals surface area contributed by atoms with E-state index in [-0.39, 0.29) is 40.3 Å². The van der Waals surface area contributed by atoms with Crippen LogP contribution in [0.4, 0.5) is 8.78 Å². The summed E-state index contributed by atoms with van der Waals surface area (Å²) in [6, 6.07) is 1.50. The zero-order valence-electron chi connectivity index (χ0n) is 21.3. The smallest absolute Gasteiger partial charge is 0.387 e. The van der Waals surface area contributed by atoms with Crippen LogP contribution in [0.15, 0.2) is 12.3 Å². The van der Waals surface area contributed by atoms with Crippen molar-refractivity contribution in [1.29, 1.82) is 0 Å². The molecule has 36 heavy (non-hydrogen) atoms. The van der Waals surface area contributed by atoms with Crippen LogP contribution in [0.5, 0.6) is 5.75 Å². The summed E-state index contributed by atoms with van der Waals surface area (Å²) in [6.07, 6.45) is 3.01. The van der Waals surface area contributed by atoms with E-state index < -0.39 is 24.2 Å². The van der Waals surface area contributed by atoms with Crippen molar-refractivity contribution in [2.45, 2.75) is 85.0 Å². The van der Waals surface area contributed by atoms with Gasteiger partial charge in [-0.1, -0.05) is 46.2 Å². The zero-order valence-corrected chi connectivity index (χ0v) is 22.1. The van der Waals surface area contributed by atoms with Gasteiger partial charge in [0.25, 0.3) is 5.91 Å². The number of halogens is 3. The van der Waals surface area contributed by atoms with E-state index in [1.807, 2.05) is 27.7 Å². The quantitative estimate of drug-likeness (QED) is 0.471. The fraction of sp³-hybridized carbons (Fsp3) is 0.640. The molecule has 1 saturated carbocycles. The minimum absolute atomic E-state index is 0.00308. The lowest BCUT2D eigenvalue weighted by atomic mass is 9.77. The summed E-state index contributed by atoms with van der Waals surface area (Å²) in [6.45, 7) is 6.57. The predicted molar refractivity (Wildman–Crippen MR) is 132 cm³/mol. The molecule has 0 bridgehead atoms. The molecule has 2 aromatic heterocycles. The number of aliphatic hydroxyl groups is 2. The number of carbonyl (C=O) groups is 1. The number of rotatable bonds is 8. The Morgan fingerprint density at radius 3 is 2.69 bits per heavy atom. The predicted octanol–water partition coefficient (Wildman–Crippen LogP) is 4.31. The van der Waals surface area contributed by atoms with Crippen molar-refractivity contribution in [3.05, 3.63) is 34.5 Å². The summed E-state index contributed by atoms with van der Waals surface area (Å²) in [7, 11) is 0. The fourth-order valence-corrected chi connectivity index (χ4v) is 4.79. The number of hydrogen-bond acceptors (Lipinski definition) is 6. The molecule has 8 nitrogen and oxygen atoms in total. The minimum Gasteiger partial charge on any atom is -0.431 e. The molecule has 1 amide bonds. The molecular formula is C25H35ClF2N4O4. The van der Waals surface area contributed by atoms with Gasteiger partial charge in [-0.2, -0.15) is 8.78 Å². The third kappa shape index (κ3) is 6.52. The number of aromatic nitrogens is 3. The summed E-state index contributed by atoms with van der Waals surface area (Å²) in [5, 5.41) is 23.6. The summed E-state index contributed by atoms with van der Waals surface area (Å²) < 4.78 is 32.6. The van der Waals surface area contributed by atoms with Crippen LogP contribution in [-0.4, -0.2) is 55.5 Å². The minimum atomic E-state index is -3.09. The van der Waals surface area contributed by atoms with Gasteiger partial charge in [0.15, 0.2) is 17.3 Å². The van der Waals surface area contributed by atoms with Gasteiger partial charge in [0, 0.05) is 19.2 Å². The molecule has 0 saturated heterocycles. The van der Waals surface area contributed by atoms with E-state index >= 15 is 0 Å². The van der Waals surface area contributed by atoms with Crippen LogP contribution in [0.2, 0.25) is 5.15 Å². The molecule has 200 valence electrons. The van der Waals surface area contributed by atoms with Crippen LogP contribution in [0.25, 0.3) is 5.82 Å². The Balaban J connectivity index is 1.92. The first-order valence-corrected chi connectivity index (χ1v) is 12.5. The van der Waals surface area contributed by atoms with E-state index in [0.29, 0.717) is 37.1 Å². The number of aryl methyl sites for hydroxylation is 1. The molecule has 1 fully saturated rings. The summed E-state index contributed by atoms with van der Waals surface area (Å²) in [5.74, 6) is -0.239. The van der Waals surface area contributed by atoms with Gasteiger partial charge >= 0.3 is 6.61 Å². The molecule has 0 spiro atoms. The number of aliphatic hydroxyl groups excluding tert-OH is 1. The average molecular weight is 529 g/mol. The number of alkyl halides is 2. The maximum atomic E-state index is 13.3. The summed E-state index contributed by atoms with van der Waals surface area (Å²) in [5.41, 5.74) is -0.985. The number of amides is 1. The van der Waals surface area contributed by atoms with Gasteiger partial charge in [-0.3, -0.25) is 9.36 Å². The Hall–Kier alpha value is -2.30. The SMILES string of the molecule is CCc1nc(C(=O)NC[C@@]2(O)CC[C@H](C)C[C@@H]2O)c(Cl)n1-c1ncc(CC(C)(C)C)cc1OC(F)F. The standard InChI is InChI=1S/C25H35ClF2N4O4/c1-6-18-31-19(22(34)30-13-25(35)8-7-14(2)9-17(25)33)20(26)32(18)21-16(36-23(27)28)10-15(12-29-21)11-24(3,4)5/h10,12,14,17,23,33,35H,6-9,11,13H2,1-5H3,(H,30,34)/t14-,17-,25-/m0/s1. The average Bonchev–Trinajstić information content (AvgIpc) is 3.10. The lowest BCUT2D eigenvalue weighted by molar-refractivity contribution is -0.106. The van der Waals surface area contributed by atoms with Crippen molar-refractivity contribution in [3.63, 3.8) is 0 Å². The molecule has 3 rings (SSSR count). The van der Waals surface area contributed by atoms with E-state index in [1.54, 1.807) is 13.1 Å². The van der Waals surface area contributed by atoms with Gasteiger partial charge in [0.2, 0.25) is 0 Å². The number of nitrogens with zero attached hydrogens (tertiary/aromatic N) is 3. The molecule has 2 heterocycles. The van der Waals surface area contributed by atoms with Crippen molar-refractivity contribution >= 4 is 17.5 Å². The highest BCUT2D eigenvalue weighted by Crippen LogP contribution is 2.34.